The van der Waals surface area contributed by atoms with Crippen molar-refractivity contribution in [1.29, 1.82) is 0 Å². The summed E-state index contributed by atoms with van der Waals surface area (Å²) in [5.41, 5.74) is 1.28. The van der Waals surface area contributed by atoms with Gasteiger partial charge in [-0.3, -0.25) is 0 Å². The van der Waals surface area contributed by atoms with Gasteiger partial charge >= 0.3 is 0 Å². The molecule has 0 aliphatic carbocycles. The Morgan fingerprint density at radius 3 is 2.76 bits per heavy atom. The second kappa shape index (κ2) is 4.07. The van der Waals surface area contributed by atoms with Crippen LogP contribution in [-0.4, -0.2) is 21.3 Å². The molecule has 2 aromatic rings. The number of alkyl halides is 2. The monoisotopic (exact) mass is 240 g/mol. The molecule has 1 aromatic carbocycles. The molecule has 0 radical (unpaired) electrons. The highest BCUT2D eigenvalue weighted by molar-refractivity contribution is 5.77. The number of rotatable bonds is 3. The molecule has 0 aliphatic heterocycles. The molecule has 0 saturated carbocycles. The molecular formula is C12H14F2N2O. The minimum absolute atomic E-state index is 0.0999. The van der Waals surface area contributed by atoms with Crippen LogP contribution in [0.1, 0.15) is 17.8 Å². The van der Waals surface area contributed by atoms with Crippen LogP contribution in [0.25, 0.3) is 11.0 Å². The van der Waals surface area contributed by atoms with E-state index in [-0.39, 0.29) is 5.56 Å². The van der Waals surface area contributed by atoms with Crippen LogP contribution in [0.15, 0.2) is 18.2 Å². The topological polar surface area (TPSA) is 38.1 Å². The van der Waals surface area contributed by atoms with E-state index in [9.17, 15) is 8.78 Å². The zero-order valence-electron chi connectivity index (χ0n) is 9.74. The molecule has 0 fully saturated rings. The fraction of sp³-hybridized carbons (Fsp3) is 0.417. The number of fused-ring (bicyclic) bond motifs is 1. The second-order valence-corrected chi connectivity index (χ2v) is 4.10. The fourth-order valence-electron chi connectivity index (χ4n) is 1.83. The van der Waals surface area contributed by atoms with Gasteiger partial charge in [0.15, 0.2) is 0 Å². The summed E-state index contributed by atoms with van der Waals surface area (Å²) < 4.78 is 29.0. The number of imidazole rings is 1. The lowest BCUT2D eigenvalue weighted by Crippen LogP contribution is -2.15. The number of nitrogens with zero attached hydrogens (tertiary/aromatic N) is 2. The van der Waals surface area contributed by atoms with E-state index >= 15 is 0 Å². The smallest absolute Gasteiger partial charge is 0.275 e. The number of aliphatic hydroxyl groups is 1. The van der Waals surface area contributed by atoms with Gasteiger partial charge in [-0.1, -0.05) is 6.07 Å². The highest BCUT2D eigenvalue weighted by Crippen LogP contribution is 2.33. The van der Waals surface area contributed by atoms with Crippen molar-refractivity contribution in [3.8, 4) is 0 Å². The first-order chi connectivity index (χ1) is 7.95. The molecule has 0 atom stereocenters. The number of benzene rings is 1. The summed E-state index contributed by atoms with van der Waals surface area (Å²) in [7, 11) is 1.84. The Hall–Kier alpha value is -1.49. The third-order valence-corrected chi connectivity index (χ3v) is 2.95. The molecule has 2 rings (SSSR count). The normalized spacial score (nSPS) is 12.3. The van der Waals surface area contributed by atoms with E-state index in [4.69, 9.17) is 5.11 Å². The molecule has 1 heterocycles. The molecule has 0 bridgehead atoms. The van der Waals surface area contributed by atoms with E-state index < -0.39 is 19.0 Å². The van der Waals surface area contributed by atoms with Gasteiger partial charge in [0.1, 0.15) is 5.82 Å². The molecule has 3 nitrogen and oxygen atoms in total. The standard InChI is InChI=1S/C12H14F2N2O/c1-8-15-10-7-9(12(13,14)5-6-17)3-4-11(10)16(8)2/h3-4,7,17H,5-6H2,1-2H3. The Morgan fingerprint density at radius 1 is 1.41 bits per heavy atom. The zero-order valence-corrected chi connectivity index (χ0v) is 9.74. The maximum absolute atomic E-state index is 13.6. The highest BCUT2D eigenvalue weighted by atomic mass is 19.3. The number of halogens is 2. The lowest BCUT2D eigenvalue weighted by molar-refractivity contribution is -0.0268. The van der Waals surface area contributed by atoms with Crippen molar-refractivity contribution in [3.63, 3.8) is 0 Å². The average Bonchev–Trinajstić information content (AvgIpc) is 2.54. The molecule has 92 valence electrons. The van der Waals surface area contributed by atoms with Gasteiger partial charge in [0.05, 0.1) is 11.0 Å². The first kappa shape index (κ1) is 12.0. The molecular weight excluding hydrogens is 226 g/mol. The highest BCUT2D eigenvalue weighted by Gasteiger charge is 2.31. The van der Waals surface area contributed by atoms with Gasteiger partial charge in [0, 0.05) is 25.6 Å². The molecule has 0 aliphatic rings. The second-order valence-electron chi connectivity index (χ2n) is 4.10. The van der Waals surface area contributed by atoms with Crippen molar-refractivity contribution in [2.45, 2.75) is 19.3 Å². The van der Waals surface area contributed by atoms with Gasteiger partial charge in [-0.2, -0.15) is 0 Å². The van der Waals surface area contributed by atoms with Crippen molar-refractivity contribution in [2.24, 2.45) is 7.05 Å². The SMILES string of the molecule is Cc1nc2cc(C(F)(F)CCO)ccc2n1C. The molecule has 5 heteroatoms. The Balaban J connectivity index is 2.51. The summed E-state index contributed by atoms with van der Waals surface area (Å²) in [5.74, 6) is -2.23. The van der Waals surface area contributed by atoms with E-state index in [0.717, 1.165) is 11.3 Å². The van der Waals surface area contributed by atoms with Gasteiger partial charge in [-0.05, 0) is 19.1 Å². The van der Waals surface area contributed by atoms with Crippen molar-refractivity contribution in [1.82, 2.24) is 9.55 Å². The summed E-state index contributed by atoms with van der Waals surface area (Å²) in [6.07, 6.45) is -0.565. The Kier molecular flexibility index (Phi) is 2.87. The molecule has 1 aromatic heterocycles. The van der Waals surface area contributed by atoms with Crippen molar-refractivity contribution >= 4 is 11.0 Å². The number of aliphatic hydroxyl groups excluding tert-OH is 1. The van der Waals surface area contributed by atoms with Crippen molar-refractivity contribution in [2.75, 3.05) is 6.61 Å². The molecule has 17 heavy (non-hydrogen) atoms. The summed E-state index contributed by atoms with van der Waals surface area (Å²) >= 11 is 0. The minimum Gasteiger partial charge on any atom is -0.396 e. The summed E-state index contributed by atoms with van der Waals surface area (Å²) in [6, 6.07) is 4.41. The molecule has 0 saturated heterocycles. The third kappa shape index (κ3) is 2.02. The first-order valence-electron chi connectivity index (χ1n) is 5.38. The van der Waals surface area contributed by atoms with Crippen molar-refractivity contribution < 1.29 is 13.9 Å². The Morgan fingerprint density at radius 2 is 2.12 bits per heavy atom. The first-order valence-corrected chi connectivity index (χ1v) is 5.38. The zero-order chi connectivity index (χ0) is 12.6. The van der Waals surface area contributed by atoms with Gasteiger partial charge in [-0.25, -0.2) is 13.8 Å². The van der Waals surface area contributed by atoms with E-state index in [1.165, 1.54) is 12.1 Å². The number of hydrogen-bond acceptors (Lipinski definition) is 2. The van der Waals surface area contributed by atoms with E-state index in [2.05, 4.69) is 4.98 Å². The largest absolute Gasteiger partial charge is 0.396 e. The van der Waals surface area contributed by atoms with Crippen molar-refractivity contribution in [3.05, 3.63) is 29.6 Å². The van der Waals surface area contributed by atoms with Crippen LogP contribution in [-0.2, 0) is 13.0 Å². The lowest BCUT2D eigenvalue weighted by atomic mass is 10.1. The fourth-order valence-corrected chi connectivity index (χ4v) is 1.83. The average molecular weight is 240 g/mol. The van der Waals surface area contributed by atoms with E-state index in [1.54, 1.807) is 6.07 Å². The van der Waals surface area contributed by atoms with Crippen LogP contribution in [0.5, 0.6) is 0 Å². The lowest BCUT2D eigenvalue weighted by Gasteiger charge is -2.15. The quantitative estimate of drug-likeness (QED) is 0.894. The number of hydrogen-bond donors (Lipinski definition) is 1. The summed E-state index contributed by atoms with van der Waals surface area (Å²) in [5, 5.41) is 8.62. The van der Waals surface area contributed by atoms with Gasteiger partial charge in [0.25, 0.3) is 5.92 Å². The summed E-state index contributed by atoms with van der Waals surface area (Å²) in [6.45, 7) is 1.29. The molecule has 1 N–H and O–H groups in total. The van der Waals surface area contributed by atoms with E-state index in [1.807, 2.05) is 18.5 Å². The van der Waals surface area contributed by atoms with E-state index in [0.29, 0.717) is 5.52 Å². The Labute approximate surface area is 97.7 Å². The van der Waals surface area contributed by atoms with Crippen LogP contribution in [0, 0.1) is 6.92 Å². The minimum atomic E-state index is -3.01. The van der Waals surface area contributed by atoms with Crippen LogP contribution in [0.4, 0.5) is 8.78 Å². The predicted octanol–water partition coefficient (Wildman–Crippen LogP) is 2.36. The Bertz CT molecular complexity index is 549. The van der Waals surface area contributed by atoms with Crippen LogP contribution in [0.2, 0.25) is 0 Å². The van der Waals surface area contributed by atoms with Gasteiger partial charge in [0.2, 0.25) is 0 Å². The van der Waals surface area contributed by atoms with Crippen LogP contribution >= 0.6 is 0 Å². The molecule has 0 amide bonds. The maximum Gasteiger partial charge on any atom is 0.275 e. The number of aryl methyl sites for hydroxylation is 2. The number of aromatic nitrogens is 2. The summed E-state index contributed by atoms with van der Waals surface area (Å²) in [4.78, 5) is 4.21. The van der Waals surface area contributed by atoms with Crippen LogP contribution in [0.3, 0.4) is 0 Å². The molecule has 0 spiro atoms. The van der Waals surface area contributed by atoms with Gasteiger partial charge < -0.3 is 9.67 Å². The van der Waals surface area contributed by atoms with Crippen LogP contribution < -0.4 is 0 Å². The van der Waals surface area contributed by atoms with Gasteiger partial charge in [-0.15, -0.1) is 0 Å². The third-order valence-electron chi connectivity index (χ3n) is 2.95. The predicted molar refractivity (Wildman–Crippen MR) is 61.0 cm³/mol. The molecule has 0 unspecified atom stereocenters. The maximum atomic E-state index is 13.6.